The van der Waals surface area contributed by atoms with Crippen molar-refractivity contribution in [3.8, 4) is 0 Å². The molecule has 0 spiro atoms. The van der Waals surface area contributed by atoms with E-state index < -0.39 is 10.8 Å². The van der Waals surface area contributed by atoms with Crippen molar-refractivity contribution in [3.05, 3.63) is 24.3 Å². The summed E-state index contributed by atoms with van der Waals surface area (Å²) >= 11 is 0. The molecule has 3 N–H and O–H groups in total. The normalized spacial score (nSPS) is 22.9. The molecule has 1 amide bonds. The fraction of sp³-hybridized carbons (Fsp3) is 0.533. The lowest BCUT2D eigenvalue weighted by molar-refractivity contribution is -0.116. The van der Waals surface area contributed by atoms with E-state index in [1.807, 2.05) is 19.1 Å². The molecule has 0 aliphatic carbocycles. The Morgan fingerprint density at radius 2 is 2.24 bits per heavy atom. The van der Waals surface area contributed by atoms with E-state index in [0.29, 0.717) is 36.6 Å². The van der Waals surface area contributed by atoms with Crippen LogP contribution in [-0.2, 0) is 20.3 Å². The van der Waals surface area contributed by atoms with E-state index in [-0.39, 0.29) is 17.3 Å². The average Bonchev–Trinajstić information content (AvgIpc) is 2.87. The van der Waals surface area contributed by atoms with Crippen LogP contribution < -0.4 is 11.1 Å². The van der Waals surface area contributed by atoms with Crippen molar-refractivity contribution in [3.63, 3.8) is 0 Å². The first-order valence-corrected chi connectivity index (χ1v) is 8.59. The van der Waals surface area contributed by atoms with Gasteiger partial charge in [-0.15, -0.1) is 0 Å². The maximum atomic E-state index is 12.1. The average molecular weight is 310 g/mol. The topological polar surface area (TPSA) is 81.4 Å². The Kier molecular flexibility index (Phi) is 5.76. The van der Waals surface area contributed by atoms with Gasteiger partial charge in [0, 0.05) is 29.6 Å². The fourth-order valence-corrected chi connectivity index (χ4v) is 4.00. The largest absolute Gasteiger partial charge is 0.397 e. The van der Waals surface area contributed by atoms with E-state index in [9.17, 15) is 9.00 Å². The molecule has 0 radical (unpaired) electrons. The Morgan fingerprint density at radius 1 is 1.48 bits per heavy atom. The van der Waals surface area contributed by atoms with Crippen molar-refractivity contribution in [1.29, 1.82) is 0 Å². The van der Waals surface area contributed by atoms with Crippen LogP contribution in [0, 0.1) is 0 Å². The molecule has 2 rings (SSSR count). The number of nitrogens with one attached hydrogen (secondary N) is 1. The summed E-state index contributed by atoms with van der Waals surface area (Å²) in [4.78, 5) is 11.8. The van der Waals surface area contributed by atoms with E-state index in [0.717, 1.165) is 6.42 Å². The maximum absolute atomic E-state index is 12.1. The van der Waals surface area contributed by atoms with Gasteiger partial charge < -0.3 is 15.8 Å². The molecule has 1 fully saturated rings. The van der Waals surface area contributed by atoms with Gasteiger partial charge in [-0.1, -0.05) is 12.1 Å². The summed E-state index contributed by atoms with van der Waals surface area (Å²) < 4.78 is 17.5. The Bertz CT molecular complexity index is 521. The lowest BCUT2D eigenvalue weighted by Crippen LogP contribution is -2.25. The standard InChI is InChI=1S/C15H22N2O3S/c1-11-14(8-9-20-11)21(19)10-4-7-15(18)17-13-6-3-2-5-12(13)16/h2-3,5-6,11,14H,4,7-10,16H2,1H3,(H,17,18). The number of rotatable bonds is 6. The Balaban J connectivity index is 1.72. The molecule has 21 heavy (non-hydrogen) atoms. The summed E-state index contributed by atoms with van der Waals surface area (Å²) in [6.07, 6.45) is 1.86. The minimum absolute atomic E-state index is 0.0591. The van der Waals surface area contributed by atoms with E-state index in [4.69, 9.17) is 10.5 Å². The molecule has 1 aliphatic heterocycles. The summed E-state index contributed by atoms with van der Waals surface area (Å²) in [5, 5.41) is 2.88. The van der Waals surface area contributed by atoms with Gasteiger partial charge in [-0.25, -0.2) is 0 Å². The van der Waals surface area contributed by atoms with Gasteiger partial charge in [0.15, 0.2) is 0 Å². The first kappa shape index (κ1) is 16.0. The highest BCUT2D eigenvalue weighted by Crippen LogP contribution is 2.20. The molecule has 116 valence electrons. The fourth-order valence-electron chi connectivity index (χ4n) is 2.41. The van der Waals surface area contributed by atoms with Gasteiger partial charge in [-0.05, 0) is 31.9 Å². The molecule has 3 atom stereocenters. The Labute approximate surface area is 127 Å². The molecule has 0 saturated carbocycles. The molecule has 0 bridgehead atoms. The molecule has 5 nitrogen and oxygen atoms in total. The third kappa shape index (κ3) is 4.54. The quantitative estimate of drug-likeness (QED) is 0.787. The number of benzene rings is 1. The van der Waals surface area contributed by atoms with Crippen LogP contribution in [0.4, 0.5) is 11.4 Å². The smallest absolute Gasteiger partial charge is 0.224 e. The van der Waals surface area contributed by atoms with E-state index >= 15 is 0 Å². The third-order valence-corrected chi connectivity index (χ3v) is 5.61. The van der Waals surface area contributed by atoms with Crippen LogP contribution in [0.3, 0.4) is 0 Å². The number of nitrogen functional groups attached to an aromatic ring is 1. The SMILES string of the molecule is CC1OCCC1S(=O)CCCC(=O)Nc1ccccc1N. The van der Waals surface area contributed by atoms with Crippen molar-refractivity contribution >= 4 is 28.1 Å². The number of ether oxygens (including phenoxy) is 1. The zero-order chi connectivity index (χ0) is 15.2. The van der Waals surface area contributed by atoms with E-state index in [1.54, 1.807) is 12.1 Å². The maximum Gasteiger partial charge on any atom is 0.224 e. The van der Waals surface area contributed by atoms with Crippen molar-refractivity contribution in [2.75, 3.05) is 23.4 Å². The second-order valence-corrected chi connectivity index (χ2v) is 7.00. The summed E-state index contributed by atoms with van der Waals surface area (Å²) in [6, 6.07) is 7.15. The minimum Gasteiger partial charge on any atom is -0.397 e. The third-order valence-electron chi connectivity index (χ3n) is 3.63. The van der Waals surface area contributed by atoms with Gasteiger partial charge in [-0.3, -0.25) is 9.00 Å². The van der Waals surface area contributed by atoms with Crippen LogP contribution in [-0.4, -0.2) is 33.8 Å². The predicted octanol–water partition coefficient (Wildman–Crippen LogP) is 1.91. The van der Waals surface area contributed by atoms with Crippen LogP contribution in [0.25, 0.3) is 0 Å². The predicted molar refractivity (Wildman–Crippen MR) is 85.5 cm³/mol. The molecule has 6 heteroatoms. The zero-order valence-electron chi connectivity index (χ0n) is 12.2. The van der Waals surface area contributed by atoms with Crippen LogP contribution in [0.1, 0.15) is 26.2 Å². The summed E-state index contributed by atoms with van der Waals surface area (Å²) in [7, 11) is -0.922. The molecule has 1 aromatic rings. The van der Waals surface area contributed by atoms with Gasteiger partial charge in [-0.2, -0.15) is 0 Å². The van der Waals surface area contributed by atoms with Crippen molar-refractivity contribution in [2.45, 2.75) is 37.5 Å². The van der Waals surface area contributed by atoms with Crippen molar-refractivity contribution in [1.82, 2.24) is 0 Å². The van der Waals surface area contributed by atoms with Crippen molar-refractivity contribution in [2.24, 2.45) is 0 Å². The number of para-hydroxylation sites is 2. The lowest BCUT2D eigenvalue weighted by atomic mass is 10.2. The summed E-state index contributed by atoms with van der Waals surface area (Å²) in [5.41, 5.74) is 6.94. The van der Waals surface area contributed by atoms with Crippen LogP contribution in [0.5, 0.6) is 0 Å². The minimum atomic E-state index is -0.922. The van der Waals surface area contributed by atoms with Crippen molar-refractivity contribution < 1.29 is 13.7 Å². The Hall–Kier alpha value is -1.40. The van der Waals surface area contributed by atoms with Gasteiger partial charge in [0.05, 0.1) is 22.7 Å². The molecule has 0 aromatic heterocycles. The van der Waals surface area contributed by atoms with Crippen LogP contribution in [0.15, 0.2) is 24.3 Å². The highest BCUT2D eigenvalue weighted by molar-refractivity contribution is 7.85. The molecular weight excluding hydrogens is 288 g/mol. The van der Waals surface area contributed by atoms with Crippen LogP contribution >= 0.6 is 0 Å². The second-order valence-electron chi connectivity index (χ2n) is 5.23. The second kappa shape index (κ2) is 7.56. The number of anilines is 2. The molecule has 3 unspecified atom stereocenters. The molecule has 1 aliphatic rings. The zero-order valence-corrected chi connectivity index (χ0v) is 13.0. The monoisotopic (exact) mass is 310 g/mol. The summed E-state index contributed by atoms with van der Waals surface area (Å²) in [6.45, 7) is 2.64. The Morgan fingerprint density at radius 3 is 2.90 bits per heavy atom. The number of hydrogen-bond donors (Lipinski definition) is 2. The first-order valence-electron chi connectivity index (χ1n) is 7.21. The summed E-state index contributed by atoms with van der Waals surface area (Å²) in [5.74, 6) is 0.441. The lowest BCUT2D eigenvalue weighted by Gasteiger charge is -2.13. The number of nitrogens with two attached hydrogens (primary N) is 1. The van der Waals surface area contributed by atoms with Gasteiger partial charge in [0.25, 0.3) is 0 Å². The van der Waals surface area contributed by atoms with Gasteiger partial charge in [0.1, 0.15) is 0 Å². The number of amides is 1. The van der Waals surface area contributed by atoms with Crippen LogP contribution in [0.2, 0.25) is 0 Å². The van der Waals surface area contributed by atoms with E-state index in [2.05, 4.69) is 5.32 Å². The first-order chi connectivity index (χ1) is 10.1. The van der Waals surface area contributed by atoms with Gasteiger partial charge >= 0.3 is 0 Å². The number of carbonyl (C=O) groups excluding carboxylic acids is 1. The number of carbonyl (C=O) groups is 1. The highest BCUT2D eigenvalue weighted by atomic mass is 32.2. The highest BCUT2D eigenvalue weighted by Gasteiger charge is 2.29. The number of hydrogen-bond acceptors (Lipinski definition) is 4. The van der Waals surface area contributed by atoms with Gasteiger partial charge in [0.2, 0.25) is 5.91 Å². The van der Waals surface area contributed by atoms with E-state index in [1.165, 1.54) is 0 Å². The molecule has 1 heterocycles. The molecule has 1 aromatic carbocycles. The molecule has 1 saturated heterocycles. The molecular formula is C15H22N2O3S.